The van der Waals surface area contributed by atoms with E-state index >= 15 is 0 Å². The molecule has 0 aromatic heterocycles. The van der Waals surface area contributed by atoms with Crippen molar-refractivity contribution >= 4 is 12.4 Å². The molecule has 0 aliphatic rings. The zero-order valence-corrected chi connectivity index (χ0v) is 8.08. The van der Waals surface area contributed by atoms with E-state index in [-0.39, 0.29) is 0 Å². The number of hydrogen-bond acceptors (Lipinski definition) is 1. The quantitative estimate of drug-likeness (QED) is 0.644. The van der Waals surface area contributed by atoms with Crippen LogP contribution in [0.2, 0.25) is 0 Å². The lowest BCUT2D eigenvalue weighted by Crippen LogP contribution is -1.82. The summed E-state index contributed by atoms with van der Waals surface area (Å²) < 4.78 is 0. The maximum Gasteiger partial charge on any atom is 0.124 e. The van der Waals surface area contributed by atoms with Crippen LogP contribution in [0.3, 0.4) is 0 Å². The monoisotopic (exact) mass is 174 g/mol. The Bertz CT molecular complexity index is 324. The van der Waals surface area contributed by atoms with Gasteiger partial charge < -0.3 is 4.79 Å². The molecule has 0 aliphatic heterocycles. The van der Waals surface area contributed by atoms with Gasteiger partial charge in [-0.15, -0.1) is 0 Å². The molecule has 68 valence electrons. The van der Waals surface area contributed by atoms with E-state index in [9.17, 15) is 4.79 Å². The molecule has 1 aromatic rings. The molecule has 1 aromatic carbocycles. The van der Waals surface area contributed by atoms with Crippen LogP contribution in [0.25, 0.3) is 6.08 Å². The van der Waals surface area contributed by atoms with Crippen LogP contribution in [0.1, 0.15) is 24.5 Å². The van der Waals surface area contributed by atoms with Crippen LogP contribution < -0.4 is 0 Å². The first-order chi connectivity index (χ1) is 6.24. The number of hydrogen-bond donors (Lipinski definition) is 0. The molecule has 1 heteroatoms. The maximum absolute atomic E-state index is 10.2. The summed E-state index contributed by atoms with van der Waals surface area (Å²) in [5, 5.41) is 0. The molecule has 0 bridgehead atoms. The number of allylic oxidation sites excluding steroid dienone is 1. The summed E-state index contributed by atoms with van der Waals surface area (Å²) in [6.45, 7) is 4.04. The van der Waals surface area contributed by atoms with Gasteiger partial charge in [0.25, 0.3) is 0 Å². The summed E-state index contributed by atoms with van der Waals surface area (Å²) in [7, 11) is 0. The average molecular weight is 174 g/mol. The standard InChI is InChI=1S/C12H14O/c1-10(7-8-13)9-12-6-4-3-5-11(12)2/h3-6,8-9H,7H2,1-2H3/b10-9+. The van der Waals surface area contributed by atoms with Crippen molar-refractivity contribution in [1.82, 2.24) is 0 Å². The van der Waals surface area contributed by atoms with E-state index in [1.807, 2.05) is 19.1 Å². The van der Waals surface area contributed by atoms with Crippen LogP contribution in [0, 0.1) is 6.92 Å². The molecule has 0 heterocycles. The molecule has 1 rings (SSSR count). The molecule has 0 fully saturated rings. The van der Waals surface area contributed by atoms with Crippen LogP contribution >= 0.6 is 0 Å². The van der Waals surface area contributed by atoms with Gasteiger partial charge in [0, 0.05) is 6.42 Å². The van der Waals surface area contributed by atoms with Gasteiger partial charge in [-0.25, -0.2) is 0 Å². The normalized spacial score (nSPS) is 11.4. The van der Waals surface area contributed by atoms with Crippen molar-refractivity contribution in [2.75, 3.05) is 0 Å². The van der Waals surface area contributed by atoms with Crippen LogP contribution in [0.5, 0.6) is 0 Å². The fourth-order valence-corrected chi connectivity index (χ4v) is 1.20. The minimum Gasteiger partial charge on any atom is -0.303 e. The van der Waals surface area contributed by atoms with Crippen molar-refractivity contribution in [3.63, 3.8) is 0 Å². The molecule has 0 N–H and O–H groups in total. The third kappa shape index (κ3) is 2.86. The van der Waals surface area contributed by atoms with E-state index in [1.165, 1.54) is 11.1 Å². The Balaban J connectivity index is 2.90. The molecule has 0 saturated heterocycles. The SMILES string of the molecule is C/C(=C\c1ccccc1C)CC=O. The van der Waals surface area contributed by atoms with Crippen LogP contribution in [0.4, 0.5) is 0 Å². The van der Waals surface area contributed by atoms with E-state index in [0.717, 1.165) is 11.9 Å². The lowest BCUT2D eigenvalue weighted by Gasteiger charge is -2.00. The van der Waals surface area contributed by atoms with Gasteiger partial charge in [0.2, 0.25) is 0 Å². The van der Waals surface area contributed by atoms with E-state index in [0.29, 0.717) is 6.42 Å². The predicted molar refractivity (Wildman–Crippen MR) is 55.5 cm³/mol. The minimum atomic E-state index is 0.522. The summed E-state index contributed by atoms with van der Waals surface area (Å²) in [4.78, 5) is 10.2. The highest BCUT2D eigenvalue weighted by Gasteiger charge is 1.93. The molecule has 1 nitrogen and oxygen atoms in total. The lowest BCUT2D eigenvalue weighted by molar-refractivity contribution is -0.107. The number of rotatable bonds is 3. The summed E-state index contributed by atoms with van der Waals surface area (Å²) in [6.07, 6.45) is 3.52. The van der Waals surface area contributed by atoms with Gasteiger partial charge in [-0.3, -0.25) is 0 Å². The maximum atomic E-state index is 10.2. The van der Waals surface area contributed by atoms with E-state index in [2.05, 4.69) is 25.1 Å². The number of aryl methyl sites for hydroxylation is 1. The Kier molecular flexibility index (Phi) is 3.44. The highest BCUT2D eigenvalue weighted by atomic mass is 16.1. The van der Waals surface area contributed by atoms with Crippen molar-refractivity contribution in [2.24, 2.45) is 0 Å². The molecular formula is C12H14O. The van der Waals surface area contributed by atoms with Gasteiger partial charge in [-0.2, -0.15) is 0 Å². The Morgan fingerprint density at radius 2 is 2.08 bits per heavy atom. The average Bonchev–Trinajstić information content (AvgIpc) is 2.09. The van der Waals surface area contributed by atoms with E-state index in [1.54, 1.807) is 0 Å². The first-order valence-electron chi connectivity index (χ1n) is 4.40. The van der Waals surface area contributed by atoms with Gasteiger partial charge in [-0.05, 0) is 25.0 Å². The van der Waals surface area contributed by atoms with Gasteiger partial charge in [0.1, 0.15) is 6.29 Å². The molecule has 0 spiro atoms. The van der Waals surface area contributed by atoms with Crippen LogP contribution in [-0.2, 0) is 4.79 Å². The van der Waals surface area contributed by atoms with Crippen LogP contribution in [-0.4, -0.2) is 6.29 Å². The van der Waals surface area contributed by atoms with Crippen LogP contribution in [0.15, 0.2) is 29.8 Å². The Morgan fingerprint density at radius 1 is 1.38 bits per heavy atom. The molecule has 0 amide bonds. The zero-order chi connectivity index (χ0) is 9.68. The highest BCUT2D eigenvalue weighted by Crippen LogP contribution is 2.12. The summed E-state index contributed by atoms with van der Waals surface area (Å²) in [6, 6.07) is 8.15. The number of aldehydes is 1. The van der Waals surface area contributed by atoms with Crippen molar-refractivity contribution < 1.29 is 4.79 Å². The smallest absolute Gasteiger partial charge is 0.124 e. The van der Waals surface area contributed by atoms with Crippen molar-refractivity contribution in [3.8, 4) is 0 Å². The molecule has 0 saturated carbocycles. The first-order valence-corrected chi connectivity index (χ1v) is 4.40. The lowest BCUT2D eigenvalue weighted by atomic mass is 10.1. The van der Waals surface area contributed by atoms with Crippen molar-refractivity contribution in [3.05, 3.63) is 41.0 Å². The molecule has 0 unspecified atom stereocenters. The molecule has 0 atom stereocenters. The topological polar surface area (TPSA) is 17.1 Å². The Labute approximate surface area is 79.1 Å². The Hall–Kier alpha value is -1.37. The second-order valence-electron chi connectivity index (χ2n) is 3.22. The number of carbonyl (C=O) groups excluding carboxylic acids is 1. The van der Waals surface area contributed by atoms with Gasteiger partial charge in [0.15, 0.2) is 0 Å². The molecule has 13 heavy (non-hydrogen) atoms. The highest BCUT2D eigenvalue weighted by molar-refractivity contribution is 5.62. The number of carbonyl (C=O) groups is 1. The second kappa shape index (κ2) is 4.61. The minimum absolute atomic E-state index is 0.522. The second-order valence-corrected chi connectivity index (χ2v) is 3.22. The fraction of sp³-hybridized carbons (Fsp3) is 0.250. The van der Waals surface area contributed by atoms with Crippen molar-refractivity contribution in [2.45, 2.75) is 20.3 Å². The molecule has 0 radical (unpaired) electrons. The third-order valence-electron chi connectivity index (χ3n) is 2.00. The van der Waals surface area contributed by atoms with Gasteiger partial charge >= 0.3 is 0 Å². The van der Waals surface area contributed by atoms with E-state index < -0.39 is 0 Å². The zero-order valence-electron chi connectivity index (χ0n) is 8.08. The summed E-state index contributed by atoms with van der Waals surface area (Å²) in [5.74, 6) is 0. The first kappa shape index (κ1) is 9.72. The molecular weight excluding hydrogens is 160 g/mol. The van der Waals surface area contributed by atoms with Gasteiger partial charge in [0.05, 0.1) is 0 Å². The predicted octanol–water partition coefficient (Wildman–Crippen LogP) is 2.99. The Morgan fingerprint density at radius 3 is 2.69 bits per heavy atom. The van der Waals surface area contributed by atoms with Gasteiger partial charge in [-0.1, -0.05) is 35.9 Å². The van der Waals surface area contributed by atoms with E-state index in [4.69, 9.17) is 0 Å². The molecule has 0 aliphatic carbocycles. The number of benzene rings is 1. The fourth-order valence-electron chi connectivity index (χ4n) is 1.20. The third-order valence-corrected chi connectivity index (χ3v) is 2.00. The summed E-state index contributed by atoms with van der Waals surface area (Å²) >= 11 is 0. The summed E-state index contributed by atoms with van der Waals surface area (Å²) in [5.41, 5.74) is 3.54. The largest absolute Gasteiger partial charge is 0.303 e. The van der Waals surface area contributed by atoms with Crippen molar-refractivity contribution in [1.29, 1.82) is 0 Å².